The van der Waals surface area contributed by atoms with Gasteiger partial charge in [-0.3, -0.25) is 4.79 Å². The van der Waals surface area contributed by atoms with Crippen molar-refractivity contribution in [2.45, 2.75) is 52.2 Å². The second-order valence-electron chi connectivity index (χ2n) is 5.69. The van der Waals surface area contributed by atoms with Crippen molar-refractivity contribution in [3.63, 3.8) is 0 Å². The van der Waals surface area contributed by atoms with Crippen LogP contribution >= 0.6 is 11.3 Å². The number of aromatic carboxylic acids is 1. The minimum absolute atomic E-state index is 0.0544. The van der Waals surface area contributed by atoms with Crippen LogP contribution in [0.5, 0.6) is 0 Å². The van der Waals surface area contributed by atoms with Gasteiger partial charge in [-0.1, -0.05) is 20.8 Å². The lowest BCUT2D eigenvalue weighted by atomic mass is 9.96. The maximum atomic E-state index is 12.1. The Morgan fingerprint density at radius 3 is 2.50 bits per heavy atom. The molecule has 0 aliphatic rings. The summed E-state index contributed by atoms with van der Waals surface area (Å²) in [5, 5.41) is 21.0. The molecule has 0 radical (unpaired) electrons. The molecule has 0 aromatic carbocycles. The Labute approximate surface area is 134 Å². The van der Waals surface area contributed by atoms with Gasteiger partial charge >= 0.3 is 5.97 Å². The van der Waals surface area contributed by atoms with E-state index in [1.807, 2.05) is 20.8 Å². The van der Waals surface area contributed by atoms with Crippen molar-refractivity contribution in [1.82, 2.24) is 9.88 Å². The number of aliphatic hydroxyl groups is 1. The standard InChI is InChI=1S/C15H24N2O4S/c1-5-6-13(19)17(4)11(9(2)3)7-12(18)14-16-10(8-22-14)15(20)21/h8-9,11-12,18H,5-7H2,1-4H3,(H,20,21)/t11-,12-/m1/s1. The van der Waals surface area contributed by atoms with E-state index in [1.165, 1.54) is 5.38 Å². The van der Waals surface area contributed by atoms with Gasteiger partial charge in [0.25, 0.3) is 0 Å². The van der Waals surface area contributed by atoms with Crippen LogP contribution < -0.4 is 0 Å². The number of thiazole rings is 1. The highest BCUT2D eigenvalue weighted by Gasteiger charge is 2.27. The number of rotatable bonds is 8. The van der Waals surface area contributed by atoms with Crippen LogP contribution in [-0.2, 0) is 4.79 Å². The molecule has 1 aromatic heterocycles. The smallest absolute Gasteiger partial charge is 0.355 e. The molecule has 1 heterocycles. The second-order valence-corrected chi connectivity index (χ2v) is 6.58. The maximum absolute atomic E-state index is 12.1. The molecule has 2 N–H and O–H groups in total. The van der Waals surface area contributed by atoms with Gasteiger partial charge in [0.2, 0.25) is 5.91 Å². The molecule has 6 nitrogen and oxygen atoms in total. The van der Waals surface area contributed by atoms with Crippen molar-refractivity contribution in [2.24, 2.45) is 5.92 Å². The van der Waals surface area contributed by atoms with E-state index in [2.05, 4.69) is 4.98 Å². The predicted molar refractivity (Wildman–Crippen MR) is 85.0 cm³/mol. The molecule has 7 heteroatoms. The molecule has 0 saturated carbocycles. The molecule has 124 valence electrons. The fourth-order valence-corrected chi connectivity index (χ4v) is 3.11. The summed E-state index contributed by atoms with van der Waals surface area (Å²) in [6.07, 6.45) is 0.736. The Bertz CT molecular complexity index is 515. The van der Waals surface area contributed by atoms with Crippen molar-refractivity contribution < 1.29 is 19.8 Å². The molecule has 0 saturated heterocycles. The average Bonchev–Trinajstić information content (AvgIpc) is 2.93. The highest BCUT2D eigenvalue weighted by Crippen LogP contribution is 2.27. The lowest BCUT2D eigenvalue weighted by Gasteiger charge is -2.32. The van der Waals surface area contributed by atoms with E-state index in [1.54, 1.807) is 11.9 Å². The molecule has 0 unspecified atom stereocenters. The number of aliphatic hydroxyl groups excluding tert-OH is 1. The number of nitrogens with zero attached hydrogens (tertiary/aromatic N) is 2. The average molecular weight is 328 g/mol. The van der Waals surface area contributed by atoms with Crippen molar-refractivity contribution >= 4 is 23.2 Å². The lowest BCUT2D eigenvalue weighted by molar-refractivity contribution is -0.133. The Balaban J connectivity index is 2.81. The van der Waals surface area contributed by atoms with E-state index in [0.29, 0.717) is 17.8 Å². The number of aromatic nitrogens is 1. The molecule has 1 amide bonds. The fourth-order valence-electron chi connectivity index (χ4n) is 2.32. The van der Waals surface area contributed by atoms with Gasteiger partial charge in [-0.25, -0.2) is 9.78 Å². The summed E-state index contributed by atoms with van der Waals surface area (Å²) in [5.41, 5.74) is -0.0597. The predicted octanol–water partition coefficient (Wildman–Crippen LogP) is 2.55. The molecule has 0 aliphatic heterocycles. The number of hydrogen-bond acceptors (Lipinski definition) is 5. The topological polar surface area (TPSA) is 90.7 Å². The number of amides is 1. The highest BCUT2D eigenvalue weighted by molar-refractivity contribution is 7.09. The Morgan fingerprint density at radius 1 is 1.41 bits per heavy atom. The molecule has 1 rings (SSSR count). The van der Waals surface area contributed by atoms with Crippen molar-refractivity contribution in [1.29, 1.82) is 0 Å². The van der Waals surface area contributed by atoms with Crippen molar-refractivity contribution in [3.05, 3.63) is 16.1 Å². The van der Waals surface area contributed by atoms with Crippen LogP contribution in [0.25, 0.3) is 0 Å². The first kappa shape index (κ1) is 18.6. The van der Waals surface area contributed by atoms with Gasteiger partial charge in [0.15, 0.2) is 5.69 Å². The van der Waals surface area contributed by atoms with Crippen LogP contribution in [0.2, 0.25) is 0 Å². The number of carboxylic acids is 1. The number of carboxylic acid groups (broad SMARTS) is 1. The van der Waals surface area contributed by atoms with Crippen molar-refractivity contribution in [3.8, 4) is 0 Å². The van der Waals surface area contributed by atoms with E-state index in [-0.39, 0.29) is 23.6 Å². The summed E-state index contributed by atoms with van der Waals surface area (Å²) in [7, 11) is 1.75. The van der Waals surface area contributed by atoms with Crippen LogP contribution in [0, 0.1) is 5.92 Å². The minimum atomic E-state index is -1.11. The second kappa shape index (κ2) is 8.24. The molecule has 0 bridgehead atoms. The minimum Gasteiger partial charge on any atom is -0.476 e. The zero-order valence-electron chi connectivity index (χ0n) is 13.4. The first-order valence-corrected chi connectivity index (χ1v) is 8.28. The summed E-state index contributed by atoms with van der Waals surface area (Å²) < 4.78 is 0. The zero-order valence-corrected chi connectivity index (χ0v) is 14.3. The number of carbonyl (C=O) groups is 2. The van der Waals surface area contributed by atoms with Gasteiger partial charge in [-0.2, -0.15) is 0 Å². The summed E-state index contributed by atoms with van der Waals surface area (Å²) in [6.45, 7) is 5.95. The normalized spacial score (nSPS) is 13.9. The third-order valence-corrected chi connectivity index (χ3v) is 4.56. The lowest BCUT2D eigenvalue weighted by Crippen LogP contribution is -2.41. The molecule has 0 spiro atoms. The highest BCUT2D eigenvalue weighted by atomic mass is 32.1. The fraction of sp³-hybridized carbons (Fsp3) is 0.667. The van der Waals surface area contributed by atoms with E-state index >= 15 is 0 Å². The summed E-state index contributed by atoms with van der Waals surface area (Å²) in [5.74, 6) is -0.872. The molecule has 0 fully saturated rings. The van der Waals surface area contributed by atoms with Crippen LogP contribution in [0.4, 0.5) is 0 Å². The molecule has 22 heavy (non-hydrogen) atoms. The first-order valence-electron chi connectivity index (χ1n) is 7.40. The quantitative estimate of drug-likeness (QED) is 0.765. The number of hydrogen-bond donors (Lipinski definition) is 2. The van der Waals surface area contributed by atoms with Gasteiger partial charge in [0, 0.05) is 31.3 Å². The first-order chi connectivity index (χ1) is 10.3. The summed E-state index contributed by atoms with van der Waals surface area (Å²) in [6, 6.07) is -0.119. The van der Waals surface area contributed by atoms with Crippen LogP contribution in [0.1, 0.15) is 61.6 Å². The Hall–Kier alpha value is -1.47. The number of carbonyl (C=O) groups excluding carboxylic acids is 1. The van der Waals surface area contributed by atoms with Crippen LogP contribution in [0.3, 0.4) is 0 Å². The van der Waals surface area contributed by atoms with E-state index in [9.17, 15) is 14.7 Å². The summed E-state index contributed by atoms with van der Waals surface area (Å²) in [4.78, 5) is 28.5. The molecular weight excluding hydrogens is 304 g/mol. The monoisotopic (exact) mass is 328 g/mol. The molecule has 1 aromatic rings. The Morgan fingerprint density at radius 2 is 2.05 bits per heavy atom. The zero-order chi connectivity index (χ0) is 16.9. The molecule has 2 atom stereocenters. The molecule has 0 aliphatic carbocycles. The van der Waals surface area contributed by atoms with Crippen LogP contribution in [-0.4, -0.2) is 45.1 Å². The van der Waals surface area contributed by atoms with E-state index < -0.39 is 12.1 Å². The van der Waals surface area contributed by atoms with Gasteiger partial charge in [0.1, 0.15) is 11.1 Å². The van der Waals surface area contributed by atoms with Gasteiger partial charge in [0.05, 0.1) is 0 Å². The third-order valence-electron chi connectivity index (χ3n) is 3.62. The third kappa shape index (κ3) is 4.78. The molecular formula is C15H24N2O4S. The largest absolute Gasteiger partial charge is 0.476 e. The Kier molecular flexibility index (Phi) is 6.96. The SMILES string of the molecule is CCCC(=O)N(C)[C@H](C[C@@H](O)c1nc(C(=O)O)cs1)C(C)C. The van der Waals surface area contributed by atoms with E-state index in [4.69, 9.17) is 5.11 Å². The van der Waals surface area contributed by atoms with Gasteiger partial charge < -0.3 is 15.1 Å². The summed E-state index contributed by atoms with van der Waals surface area (Å²) >= 11 is 1.12. The maximum Gasteiger partial charge on any atom is 0.355 e. The van der Waals surface area contributed by atoms with Gasteiger partial charge in [-0.15, -0.1) is 11.3 Å². The van der Waals surface area contributed by atoms with Crippen molar-refractivity contribution in [2.75, 3.05) is 7.05 Å². The van der Waals surface area contributed by atoms with Crippen LogP contribution in [0.15, 0.2) is 5.38 Å². The van der Waals surface area contributed by atoms with Gasteiger partial charge in [-0.05, 0) is 12.3 Å². The van der Waals surface area contributed by atoms with E-state index in [0.717, 1.165) is 17.8 Å².